The topological polar surface area (TPSA) is 37.8 Å². The molecular formula is C10H15N3. The van der Waals surface area contributed by atoms with Crippen LogP contribution in [-0.4, -0.2) is 23.1 Å². The highest BCUT2D eigenvalue weighted by atomic mass is 14.9. The summed E-state index contributed by atoms with van der Waals surface area (Å²) < 4.78 is 0. The van der Waals surface area contributed by atoms with Gasteiger partial charge in [-0.15, -0.1) is 0 Å². The molecule has 0 spiro atoms. The second-order valence-electron chi connectivity index (χ2n) is 3.67. The highest BCUT2D eigenvalue weighted by molar-refractivity contribution is 5.15. The molecule has 3 nitrogen and oxygen atoms in total. The summed E-state index contributed by atoms with van der Waals surface area (Å²) in [6.07, 6.45) is 1.20. The van der Waals surface area contributed by atoms with Crippen molar-refractivity contribution in [1.29, 1.82) is 0 Å². The molecule has 1 atom stereocenters. The van der Waals surface area contributed by atoms with Crippen molar-refractivity contribution in [2.75, 3.05) is 13.1 Å². The fraction of sp³-hybridized carbons (Fsp3) is 0.600. The maximum Gasteiger partial charge on any atom is 0.125 e. The lowest BCUT2D eigenvalue weighted by atomic mass is 10.0. The molecule has 0 aliphatic carbocycles. The predicted octanol–water partition coefficient (Wildman–Crippen LogP) is 1.17. The summed E-state index contributed by atoms with van der Waals surface area (Å²) in [7, 11) is 0. The lowest BCUT2D eigenvalue weighted by Crippen LogP contribution is -2.10. The van der Waals surface area contributed by atoms with Gasteiger partial charge in [-0.05, 0) is 32.9 Å². The molecule has 1 N–H and O–H groups in total. The van der Waals surface area contributed by atoms with Gasteiger partial charge in [0.05, 0.1) is 0 Å². The minimum atomic E-state index is 0.598. The standard InChI is InChI=1S/C10H15N3/c1-7-5-10(13-8(2)12-7)9-3-4-11-6-9/h5,9,11H,3-4,6H2,1-2H3. The van der Waals surface area contributed by atoms with Gasteiger partial charge in [0.15, 0.2) is 0 Å². The minimum absolute atomic E-state index is 0.598. The molecule has 70 valence electrons. The van der Waals surface area contributed by atoms with Crippen LogP contribution in [0.3, 0.4) is 0 Å². The quantitative estimate of drug-likeness (QED) is 0.699. The minimum Gasteiger partial charge on any atom is -0.316 e. The Balaban J connectivity index is 2.28. The van der Waals surface area contributed by atoms with E-state index in [1.165, 1.54) is 12.1 Å². The maximum absolute atomic E-state index is 4.46. The van der Waals surface area contributed by atoms with E-state index in [1.54, 1.807) is 0 Å². The van der Waals surface area contributed by atoms with Crippen LogP contribution >= 0.6 is 0 Å². The van der Waals surface area contributed by atoms with Gasteiger partial charge in [0.25, 0.3) is 0 Å². The van der Waals surface area contributed by atoms with Gasteiger partial charge in [0, 0.05) is 23.9 Å². The summed E-state index contributed by atoms with van der Waals surface area (Å²) in [6.45, 7) is 6.17. The van der Waals surface area contributed by atoms with E-state index >= 15 is 0 Å². The summed E-state index contributed by atoms with van der Waals surface area (Å²) in [5.41, 5.74) is 2.28. The Morgan fingerprint density at radius 1 is 1.38 bits per heavy atom. The molecule has 1 unspecified atom stereocenters. The normalized spacial score (nSPS) is 22.2. The van der Waals surface area contributed by atoms with Crippen LogP contribution in [0.2, 0.25) is 0 Å². The average Bonchev–Trinajstić information content (AvgIpc) is 2.53. The predicted molar refractivity (Wildman–Crippen MR) is 51.7 cm³/mol. The van der Waals surface area contributed by atoms with Gasteiger partial charge in [-0.3, -0.25) is 0 Å². The van der Waals surface area contributed by atoms with Crippen molar-refractivity contribution >= 4 is 0 Å². The Hall–Kier alpha value is -0.960. The Morgan fingerprint density at radius 2 is 2.23 bits per heavy atom. The molecule has 13 heavy (non-hydrogen) atoms. The number of hydrogen-bond acceptors (Lipinski definition) is 3. The molecule has 1 aromatic rings. The Labute approximate surface area is 78.6 Å². The lowest BCUT2D eigenvalue weighted by Gasteiger charge is -2.08. The zero-order chi connectivity index (χ0) is 9.26. The van der Waals surface area contributed by atoms with Crippen molar-refractivity contribution < 1.29 is 0 Å². The first-order valence-corrected chi connectivity index (χ1v) is 4.78. The molecule has 2 rings (SSSR count). The molecule has 0 amide bonds. The first kappa shape index (κ1) is 8.63. The van der Waals surface area contributed by atoms with Gasteiger partial charge in [0.1, 0.15) is 5.82 Å². The van der Waals surface area contributed by atoms with Crippen molar-refractivity contribution in [3.8, 4) is 0 Å². The molecule has 1 aromatic heterocycles. The fourth-order valence-corrected chi connectivity index (χ4v) is 1.86. The maximum atomic E-state index is 4.46. The first-order chi connectivity index (χ1) is 6.25. The second kappa shape index (κ2) is 3.42. The number of hydrogen-bond donors (Lipinski definition) is 1. The zero-order valence-electron chi connectivity index (χ0n) is 8.17. The summed E-state index contributed by atoms with van der Waals surface area (Å²) in [4.78, 5) is 8.74. The summed E-state index contributed by atoms with van der Waals surface area (Å²) in [5.74, 6) is 1.49. The summed E-state index contributed by atoms with van der Waals surface area (Å²) >= 11 is 0. The van der Waals surface area contributed by atoms with Gasteiger partial charge >= 0.3 is 0 Å². The number of aryl methyl sites for hydroxylation is 2. The van der Waals surface area contributed by atoms with E-state index in [-0.39, 0.29) is 0 Å². The van der Waals surface area contributed by atoms with Crippen molar-refractivity contribution in [1.82, 2.24) is 15.3 Å². The van der Waals surface area contributed by atoms with Gasteiger partial charge < -0.3 is 5.32 Å². The Kier molecular flexibility index (Phi) is 2.27. The highest BCUT2D eigenvalue weighted by Gasteiger charge is 2.18. The Morgan fingerprint density at radius 3 is 2.85 bits per heavy atom. The zero-order valence-corrected chi connectivity index (χ0v) is 8.17. The molecule has 0 radical (unpaired) electrons. The molecule has 2 heterocycles. The number of nitrogens with one attached hydrogen (secondary N) is 1. The van der Waals surface area contributed by atoms with E-state index in [4.69, 9.17) is 0 Å². The van der Waals surface area contributed by atoms with Crippen LogP contribution < -0.4 is 5.32 Å². The van der Waals surface area contributed by atoms with E-state index in [0.29, 0.717) is 5.92 Å². The smallest absolute Gasteiger partial charge is 0.125 e. The molecule has 1 saturated heterocycles. The van der Waals surface area contributed by atoms with E-state index < -0.39 is 0 Å². The van der Waals surface area contributed by atoms with Crippen molar-refractivity contribution in [2.24, 2.45) is 0 Å². The van der Waals surface area contributed by atoms with Gasteiger partial charge in [-0.1, -0.05) is 0 Å². The number of nitrogens with zero attached hydrogens (tertiary/aromatic N) is 2. The molecule has 0 bridgehead atoms. The van der Waals surface area contributed by atoms with Crippen LogP contribution in [0.25, 0.3) is 0 Å². The molecule has 3 heteroatoms. The lowest BCUT2D eigenvalue weighted by molar-refractivity contribution is 0.721. The molecule has 1 fully saturated rings. The van der Waals surface area contributed by atoms with E-state index in [0.717, 1.165) is 24.6 Å². The van der Waals surface area contributed by atoms with Crippen LogP contribution in [0, 0.1) is 13.8 Å². The largest absolute Gasteiger partial charge is 0.316 e. The van der Waals surface area contributed by atoms with E-state index in [1.807, 2.05) is 13.8 Å². The summed E-state index contributed by atoms with van der Waals surface area (Å²) in [5, 5.41) is 3.35. The molecule has 0 saturated carbocycles. The van der Waals surface area contributed by atoms with Crippen LogP contribution in [0.5, 0.6) is 0 Å². The van der Waals surface area contributed by atoms with Crippen molar-refractivity contribution in [3.63, 3.8) is 0 Å². The SMILES string of the molecule is Cc1cc(C2CCNC2)nc(C)n1. The van der Waals surface area contributed by atoms with E-state index in [9.17, 15) is 0 Å². The summed E-state index contributed by atoms with van der Waals surface area (Å²) in [6, 6.07) is 2.10. The third kappa shape index (κ3) is 1.86. The van der Waals surface area contributed by atoms with Crippen LogP contribution in [-0.2, 0) is 0 Å². The molecule has 1 aliphatic heterocycles. The monoisotopic (exact) mass is 177 g/mol. The van der Waals surface area contributed by atoms with Gasteiger partial charge in [-0.2, -0.15) is 0 Å². The third-order valence-electron chi connectivity index (χ3n) is 2.46. The van der Waals surface area contributed by atoms with Crippen LogP contribution in [0.4, 0.5) is 0 Å². The number of rotatable bonds is 1. The van der Waals surface area contributed by atoms with Crippen molar-refractivity contribution in [2.45, 2.75) is 26.2 Å². The van der Waals surface area contributed by atoms with Gasteiger partial charge in [-0.25, -0.2) is 9.97 Å². The Bertz CT molecular complexity index is 283. The second-order valence-corrected chi connectivity index (χ2v) is 3.67. The van der Waals surface area contributed by atoms with Crippen LogP contribution in [0.15, 0.2) is 6.07 Å². The highest BCUT2D eigenvalue weighted by Crippen LogP contribution is 2.20. The van der Waals surface area contributed by atoms with E-state index in [2.05, 4.69) is 21.4 Å². The number of aromatic nitrogens is 2. The molecular weight excluding hydrogens is 162 g/mol. The fourth-order valence-electron chi connectivity index (χ4n) is 1.86. The molecule has 1 aliphatic rings. The third-order valence-corrected chi connectivity index (χ3v) is 2.46. The average molecular weight is 177 g/mol. The van der Waals surface area contributed by atoms with Crippen LogP contribution in [0.1, 0.15) is 29.6 Å². The van der Waals surface area contributed by atoms with Gasteiger partial charge in [0.2, 0.25) is 0 Å². The van der Waals surface area contributed by atoms with Crippen molar-refractivity contribution in [3.05, 3.63) is 23.3 Å². The molecule has 0 aromatic carbocycles. The first-order valence-electron chi connectivity index (χ1n) is 4.78.